The first-order valence-electron chi connectivity index (χ1n) is 7.37. The van der Waals surface area contributed by atoms with Crippen molar-refractivity contribution in [2.45, 2.75) is 25.8 Å². The monoisotopic (exact) mass is 288 g/mol. The SMILES string of the molecule is CN1CCN(CC(=O)NCc2cnc3c(c2)CCC3)C1=O. The Morgan fingerprint density at radius 1 is 1.38 bits per heavy atom. The first-order valence-corrected chi connectivity index (χ1v) is 7.37. The van der Waals surface area contributed by atoms with Crippen LogP contribution in [-0.4, -0.2) is 53.4 Å². The van der Waals surface area contributed by atoms with Crippen LogP contribution in [0.2, 0.25) is 0 Å². The van der Waals surface area contributed by atoms with Crippen LogP contribution in [0.15, 0.2) is 12.3 Å². The summed E-state index contributed by atoms with van der Waals surface area (Å²) in [5, 5.41) is 2.86. The van der Waals surface area contributed by atoms with E-state index in [0.717, 1.165) is 18.4 Å². The second kappa shape index (κ2) is 5.71. The third kappa shape index (κ3) is 2.99. The molecule has 1 aliphatic heterocycles. The molecule has 2 aliphatic rings. The molecule has 0 aromatic carbocycles. The lowest BCUT2D eigenvalue weighted by Gasteiger charge is -2.15. The van der Waals surface area contributed by atoms with E-state index in [1.807, 2.05) is 6.20 Å². The molecule has 21 heavy (non-hydrogen) atoms. The lowest BCUT2D eigenvalue weighted by molar-refractivity contribution is -0.121. The largest absolute Gasteiger partial charge is 0.350 e. The van der Waals surface area contributed by atoms with Crippen LogP contribution >= 0.6 is 0 Å². The van der Waals surface area contributed by atoms with E-state index in [0.29, 0.717) is 19.6 Å². The summed E-state index contributed by atoms with van der Waals surface area (Å²) in [6.45, 7) is 1.89. The van der Waals surface area contributed by atoms with Gasteiger partial charge in [-0.15, -0.1) is 0 Å². The lowest BCUT2D eigenvalue weighted by Crippen LogP contribution is -2.39. The van der Waals surface area contributed by atoms with Gasteiger partial charge in [0, 0.05) is 38.6 Å². The Balaban J connectivity index is 1.51. The van der Waals surface area contributed by atoms with E-state index in [9.17, 15) is 9.59 Å². The van der Waals surface area contributed by atoms with Gasteiger partial charge in [-0.3, -0.25) is 9.78 Å². The molecule has 1 N–H and O–H groups in total. The molecular weight excluding hydrogens is 268 g/mol. The topological polar surface area (TPSA) is 65.5 Å². The van der Waals surface area contributed by atoms with Crippen LogP contribution in [0.1, 0.15) is 23.2 Å². The zero-order valence-electron chi connectivity index (χ0n) is 12.3. The highest BCUT2D eigenvalue weighted by Gasteiger charge is 2.26. The summed E-state index contributed by atoms with van der Waals surface area (Å²) >= 11 is 0. The minimum absolute atomic E-state index is 0.0793. The van der Waals surface area contributed by atoms with Crippen molar-refractivity contribution in [1.29, 1.82) is 0 Å². The molecule has 2 heterocycles. The molecule has 1 aliphatic carbocycles. The number of hydrogen-bond acceptors (Lipinski definition) is 3. The quantitative estimate of drug-likeness (QED) is 0.880. The second-order valence-electron chi connectivity index (χ2n) is 5.71. The Hall–Kier alpha value is -2.11. The van der Waals surface area contributed by atoms with E-state index >= 15 is 0 Å². The minimum Gasteiger partial charge on any atom is -0.350 e. The number of aryl methyl sites for hydroxylation is 2. The number of aromatic nitrogens is 1. The third-order valence-corrected chi connectivity index (χ3v) is 4.10. The zero-order valence-corrected chi connectivity index (χ0v) is 12.3. The van der Waals surface area contributed by atoms with Crippen molar-refractivity contribution in [1.82, 2.24) is 20.1 Å². The first kappa shape index (κ1) is 13.9. The number of carbonyl (C=O) groups is 2. The molecule has 1 aromatic rings. The smallest absolute Gasteiger partial charge is 0.320 e. The molecule has 0 saturated carbocycles. The molecule has 0 unspecified atom stereocenters. The zero-order chi connectivity index (χ0) is 14.8. The fraction of sp³-hybridized carbons (Fsp3) is 0.533. The van der Waals surface area contributed by atoms with E-state index in [4.69, 9.17) is 0 Å². The normalized spacial score (nSPS) is 17.3. The molecule has 0 atom stereocenters. The number of fused-ring (bicyclic) bond motifs is 1. The van der Waals surface area contributed by atoms with Gasteiger partial charge in [0.25, 0.3) is 0 Å². The van der Waals surface area contributed by atoms with Crippen LogP contribution in [0.25, 0.3) is 0 Å². The van der Waals surface area contributed by atoms with Crippen molar-refractivity contribution in [3.05, 3.63) is 29.1 Å². The maximum absolute atomic E-state index is 11.9. The maximum Gasteiger partial charge on any atom is 0.320 e. The number of hydrogen-bond donors (Lipinski definition) is 1. The summed E-state index contributed by atoms with van der Waals surface area (Å²) in [4.78, 5) is 31.2. The minimum atomic E-state index is -0.126. The Morgan fingerprint density at radius 2 is 2.24 bits per heavy atom. The first-order chi connectivity index (χ1) is 10.1. The van der Waals surface area contributed by atoms with Gasteiger partial charge in [-0.2, -0.15) is 0 Å². The van der Waals surface area contributed by atoms with E-state index in [1.54, 1.807) is 16.8 Å². The van der Waals surface area contributed by atoms with Gasteiger partial charge in [-0.25, -0.2) is 4.79 Å². The predicted octanol–water partition coefficient (Wildman–Crippen LogP) is 0.554. The highest BCUT2D eigenvalue weighted by Crippen LogP contribution is 2.20. The number of nitrogens with zero attached hydrogens (tertiary/aromatic N) is 3. The molecule has 6 nitrogen and oxygen atoms in total. The highest BCUT2D eigenvalue weighted by atomic mass is 16.2. The highest BCUT2D eigenvalue weighted by molar-refractivity contribution is 5.84. The fourth-order valence-electron chi connectivity index (χ4n) is 2.85. The van der Waals surface area contributed by atoms with Gasteiger partial charge in [0.1, 0.15) is 6.54 Å². The maximum atomic E-state index is 11.9. The third-order valence-electron chi connectivity index (χ3n) is 4.10. The average Bonchev–Trinajstić information content (AvgIpc) is 3.06. The van der Waals surface area contributed by atoms with Crippen molar-refractivity contribution < 1.29 is 9.59 Å². The number of amides is 3. The summed E-state index contributed by atoms with van der Waals surface area (Å²) in [7, 11) is 1.75. The molecule has 0 bridgehead atoms. The van der Waals surface area contributed by atoms with Gasteiger partial charge in [-0.05, 0) is 30.4 Å². The van der Waals surface area contributed by atoms with E-state index in [1.165, 1.54) is 17.7 Å². The van der Waals surface area contributed by atoms with Crippen molar-refractivity contribution in [3.8, 4) is 0 Å². The summed E-state index contributed by atoms with van der Waals surface area (Å²) in [6, 6.07) is 2.05. The number of pyridine rings is 1. The molecular formula is C15H20N4O2. The lowest BCUT2D eigenvalue weighted by atomic mass is 10.1. The molecule has 0 spiro atoms. The van der Waals surface area contributed by atoms with Crippen molar-refractivity contribution in [3.63, 3.8) is 0 Å². The Morgan fingerprint density at radius 3 is 3.00 bits per heavy atom. The molecule has 1 saturated heterocycles. The van der Waals surface area contributed by atoms with Crippen LogP contribution in [0.5, 0.6) is 0 Å². The van der Waals surface area contributed by atoms with Gasteiger partial charge >= 0.3 is 6.03 Å². The molecule has 6 heteroatoms. The summed E-state index contributed by atoms with van der Waals surface area (Å²) in [6.07, 6.45) is 5.15. The van der Waals surface area contributed by atoms with Gasteiger partial charge in [0.05, 0.1) is 0 Å². The Bertz CT molecular complexity index is 573. The van der Waals surface area contributed by atoms with Gasteiger partial charge in [0.15, 0.2) is 0 Å². The van der Waals surface area contributed by atoms with Gasteiger partial charge in [-0.1, -0.05) is 6.07 Å². The molecule has 3 amide bonds. The number of rotatable bonds is 4. The Kier molecular flexibility index (Phi) is 3.77. The van der Waals surface area contributed by atoms with Crippen LogP contribution in [0, 0.1) is 0 Å². The predicted molar refractivity (Wildman–Crippen MR) is 77.7 cm³/mol. The number of nitrogens with one attached hydrogen (secondary N) is 1. The number of carbonyl (C=O) groups excluding carboxylic acids is 2. The van der Waals surface area contributed by atoms with Crippen molar-refractivity contribution in [2.75, 3.05) is 26.7 Å². The molecule has 1 fully saturated rings. The van der Waals surface area contributed by atoms with Crippen molar-refractivity contribution in [2.24, 2.45) is 0 Å². The second-order valence-corrected chi connectivity index (χ2v) is 5.71. The van der Waals surface area contributed by atoms with Crippen molar-refractivity contribution >= 4 is 11.9 Å². The summed E-state index contributed by atoms with van der Waals surface area (Å²) < 4.78 is 0. The van der Waals surface area contributed by atoms with E-state index in [-0.39, 0.29) is 18.5 Å². The molecule has 112 valence electrons. The van der Waals surface area contributed by atoms with Gasteiger partial charge < -0.3 is 15.1 Å². The fourth-order valence-corrected chi connectivity index (χ4v) is 2.85. The van der Waals surface area contributed by atoms with Crippen LogP contribution in [0.3, 0.4) is 0 Å². The summed E-state index contributed by atoms with van der Waals surface area (Å²) in [5.41, 5.74) is 3.52. The van der Waals surface area contributed by atoms with Crippen LogP contribution in [0.4, 0.5) is 4.79 Å². The number of likely N-dealkylation sites (N-methyl/N-ethyl adjacent to an activating group) is 1. The number of urea groups is 1. The summed E-state index contributed by atoms with van der Waals surface area (Å²) in [5.74, 6) is -0.126. The van der Waals surface area contributed by atoms with Crippen LogP contribution < -0.4 is 5.32 Å². The average molecular weight is 288 g/mol. The van der Waals surface area contributed by atoms with E-state index in [2.05, 4.69) is 16.4 Å². The molecule has 0 radical (unpaired) electrons. The standard InChI is InChI=1S/C15H20N4O2/c1-18-5-6-19(15(18)21)10-14(20)17-9-11-7-12-3-2-4-13(12)16-8-11/h7-8H,2-6,9-10H2,1H3,(H,17,20). The van der Waals surface area contributed by atoms with Crippen LogP contribution in [-0.2, 0) is 24.2 Å². The van der Waals surface area contributed by atoms with Gasteiger partial charge in [0.2, 0.25) is 5.91 Å². The van der Waals surface area contributed by atoms with E-state index < -0.39 is 0 Å². The Labute approximate surface area is 124 Å². The molecule has 3 rings (SSSR count). The molecule has 1 aromatic heterocycles.